The molecule has 1 aliphatic carbocycles. The van der Waals surface area contributed by atoms with Gasteiger partial charge in [0.2, 0.25) is 0 Å². The number of hydrogen-bond donors (Lipinski definition) is 2. The maximum atomic E-state index is 9.61. The first-order valence-corrected chi connectivity index (χ1v) is 6.41. The van der Waals surface area contributed by atoms with E-state index in [1.54, 1.807) is 6.07 Å². The Kier molecular flexibility index (Phi) is 4.21. The van der Waals surface area contributed by atoms with Crippen LogP contribution in [0.5, 0.6) is 5.75 Å². The Morgan fingerprint density at radius 1 is 1.38 bits per heavy atom. The predicted molar refractivity (Wildman–Crippen MR) is 66.0 cm³/mol. The molecule has 0 radical (unpaired) electrons. The van der Waals surface area contributed by atoms with Crippen LogP contribution >= 0.6 is 15.9 Å². The van der Waals surface area contributed by atoms with Gasteiger partial charge in [0.15, 0.2) is 0 Å². The summed E-state index contributed by atoms with van der Waals surface area (Å²) < 4.78 is 0.961. The van der Waals surface area contributed by atoms with Gasteiger partial charge in [-0.15, -0.1) is 0 Å². The molecule has 0 bridgehead atoms. The number of hydrogen-bond acceptors (Lipinski definition) is 3. The highest BCUT2D eigenvalue weighted by Crippen LogP contribution is 2.23. The van der Waals surface area contributed by atoms with Gasteiger partial charge in [-0.3, -0.25) is 4.84 Å². The Balaban J connectivity index is 1.82. The first kappa shape index (κ1) is 11.9. The van der Waals surface area contributed by atoms with E-state index in [0.29, 0.717) is 18.4 Å². The SMILES string of the molecule is Oc1ccc(Br)cc1CNOC1CCCC1. The zero-order valence-electron chi connectivity index (χ0n) is 9.08. The summed E-state index contributed by atoms with van der Waals surface area (Å²) in [6.45, 7) is 0.530. The Morgan fingerprint density at radius 2 is 2.12 bits per heavy atom. The molecule has 1 saturated carbocycles. The minimum Gasteiger partial charge on any atom is -0.508 e. The van der Waals surface area contributed by atoms with Crippen molar-refractivity contribution in [2.45, 2.75) is 38.3 Å². The molecular weight excluding hydrogens is 270 g/mol. The van der Waals surface area contributed by atoms with E-state index >= 15 is 0 Å². The highest BCUT2D eigenvalue weighted by Gasteiger charge is 2.15. The van der Waals surface area contributed by atoms with Crippen molar-refractivity contribution in [3.05, 3.63) is 28.2 Å². The number of nitrogens with one attached hydrogen (secondary N) is 1. The second kappa shape index (κ2) is 5.66. The summed E-state index contributed by atoms with van der Waals surface area (Å²) in [6.07, 6.45) is 5.13. The summed E-state index contributed by atoms with van der Waals surface area (Å²) in [6, 6.07) is 5.38. The van der Waals surface area contributed by atoms with E-state index in [1.165, 1.54) is 12.8 Å². The molecule has 2 N–H and O–H groups in total. The monoisotopic (exact) mass is 285 g/mol. The molecule has 2 rings (SSSR count). The standard InChI is InChI=1S/C12H16BrNO2/c13-10-5-6-12(15)9(7-10)8-14-16-11-3-1-2-4-11/h5-7,11,14-15H,1-4,8H2. The number of benzene rings is 1. The lowest BCUT2D eigenvalue weighted by Gasteiger charge is -2.12. The van der Waals surface area contributed by atoms with E-state index in [-0.39, 0.29) is 0 Å². The van der Waals surface area contributed by atoms with E-state index in [9.17, 15) is 5.11 Å². The fraction of sp³-hybridized carbons (Fsp3) is 0.500. The van der Waals surface area contributed by atoms with Gasteiger partial charge in [0.1, 0.15) is 5.75 Å². The summed E-state index contributed by atoms with van der Waals surface area (Å²) in [4.78, 5) is 5.53. The third kappa shape index (κ3) is 3.20. The van der Waals surface area contributed by atoms with Crippen LogP contribution < -0.4 is 5.48 Å². The van der Waals surface area contributed by atoms with Crippen LogP contribution in [0.25, 0.3) is 0 Å². The average Bonchev–Trinajstić information content (AvgIpc) is 2.76. The van der Waals surface area contributed by atoms with Gasteiger partial charge in [0, 0.05) is 16.6 Å². The summed E-state index contributed by atoms with van der Waals surface area (Å²) in [5, 5.41) is 9.61. The van der Waals surface area contributed by atoms with Crippen LogP contribution in [-0.2, 0) is 11.4 Å². The van der Waals surface area contributed by atoms with Crippen molar-refractivity contribution in [3.63, 3.8) is 0 Å². The molecule has 1 aromatic rings. The van der Waals surface area contributed by atoms with Gasteiger partial charge in [-0.2, -0.15) is 5.48 Å². The second-order valence-corrected chi connectivity index (χ2v) is 5.03. The number of aromatic hydroxyl groups is 1. The van der Waals surface area contributed by atoms with E-state index in [2.05, 4.69) is 21.4 Å². The predicted octanol–water partition coefficient (Wildman–Crippen LogP) is 3.12. The Labute approximate surface area is 104 Å². The number of halogens is 1. The zero-order chi connectivity index (χ0) is 11.4. The summed E-state index contributed by atoms with van der Waals surface area (Å²) >= 11 is 3.37. The number of phenols is 1. The first-order valence-electron chi connectivity index (χ1n) is 5.61. The number of phenolic OH excluding ortho intramolecular Hbond substituents is 1. The third-order valence-electron chi connectivity index (χ3n) is 2.86. The first-order chi connectivity index (χ1) is 7.75. The van der Waals surface area contributed by atoms with Crippen molar-refractivity contribution in [3.8, 4) is 5.75 Å². The smallest absolute Gasteiger partial charge is 0.120 e. The van der Waals surface area contributed by atoms with Crippen LogP contribution in [0, 0.1) is 0 Å². The van der Waals surface area contributed by atoms with Crippen LogP contribution in [0.3, 0.4) is 0 Å². The molecule has 0 aromatic heterocycles. The molecule has 0 unspecified atom stereocenters. The summed E-state index contributed by atoms with van der Waals surface area (Å²) in [5.41, 5.74) is 3.77. The van der Waals surface area contributed by atoms with Crippen molar-refractivity contribution in [2.75, 3.05) is 0 Å². The molecule has 1 fully saturated rings. The van der Waals surface area contributed by atoms with Crippen molar-refractivity contribution in [1.29, 1.82) is 0 Å². The Morgan fingerprint density at radius 3 is 2.88 bits per heavy atom. The molecule has 1 aromatic carbocycles. The maximum absolute atomic E-state index is 9.61. The Bertz CT molecular complexity index is 351. The fourth-order valence-corrected chi connectivity index (χ4v) is 2.35. The molecule has 0 heterocycles. The minimum absolute atomic E-state index is 0.297. The van der Waals surface area contributed by atoms with Crippen molar-refractivity contribution < 1.29 is 9.94 Å². The average molecular weight is 286 g/mol. The van der Waals surface area contributed by atoms with Crippen molar-refractivity contribution in [2.24, 2.45) is 0 Å². The maximum Gasteiger partial charge on any atom is 0.120 e. The third-order valence-corrected chi connectivity index (χ3v) is 3.35. The minimum atomic E-state index is 0.297. The molecule has 0 saturated heterocycles. The molecule has 0 amide bonds. The number of rotatable bonds is 4. The van der Waals surface area contributed by atoms with Crippen LogP contribution in [0.15, 0.2) is 22.7 Å². The Hall–Kier alpha value is -0.580. The van der Waals surface area contributed by atoms with Crippen molar-refractivity contribution >= 4 is 15.9 Å². The molecule has 0 aliphatic heterocycles. The van der Waals surface area contributed by atoms with E-state index < -0.39 is 0 Å². The van der Waals surface area contributed by atoms with Crippen molar-refractivity contribution in [1.82, 2.24) is 5.48 Å². The van der Waals surface area contributed by atoms with Gasteiger partial charge in [-0.25, -0.2) is 0 Å². The van der Waals surface area contributed by atoms with Gasteiger partial charge in [0.25, 0.3) is 0 Å². The molecule has 0 atom stereocenters. The second-order valence-electron chi connectivity index (χ2n) is 4.12. The molecule has 16 heavy (non-hydrogen) atoms. The highest BCUT2D eigenvalue weighted by atomic mass is 79.9. The van der Waals surface area contributed by atoms with Crippen LogP contribution in [0.4, 0.5) is 0 Å². The van der Waals surface area contributed by atoms with Crippen LogP contribution in [0.2, 0.25) is 0 Å². The summed E-state index contributed by atoms with van der Waals surface area (Å²) in [7, 11) is 0. The normalized spacial score (nSPS) is 16.8. The van der Waals surface area contributed by atoms with E-state index in [4.69, 9.17) is 4.84 Å². The fourth-order valence-electron chi connectivity index (χ4n) is 1.94. The molecule has 88 valence electrons. The zero-order valence-corrected chi connectivity index (χ0v) is 10.7. The number of hydroxylamine groups is 1. The molecule has 1 aliphatic rings. The summed E-state index contributed by atoms with van der Waals surface area (Å²) in [5.74, 6) is 0.297. The molecular formula is C12H16BrNO2. The highest BCUT2D eigenvalue weighted by molar-refractivity contribution is 9.10. The molecule has 3 nitrogen and oxygen atoms in total. The lowest BCUT2D eigenvalue weighted by atomic mass is 10.2. The van der Waals surface area contributed by atoms with Gasteiger partial charge >= 0.3 is 0 Å². The molecule has 0 spiro atoms. The van der Waals surface area contributed by atoms with Gasteiger partial charge in [-0.05, 0) is 31.0 Å². The largest absolute Gasteiger partial charge is 0.508 e. The topological polar surface area (TPSA) is 41.5 Å². The quantitative estimate of drug-likeness (QED) is 0.836. The lowest BCUT2D eigenvalue weighted by Crippen LogP contribution is -2.21. The molecule has 4 heteroatoms. The lowest BCUT2D eigenvalue weighted by molar-refractivity contribution is -0.0246. The van der Waals surface area contributed by atoms with Crippen LogP contribution in [0.1, 0.15) is 31.2 Å². The van der Waals surface area contributed by atoms with E-state index in [1.807, 2.05) is 12.1 Å². The van der Waals surface area contributed by atoms with Gasteiger partial charge in [-0.1, -0.05) is 28.8 Å². The van der Waals surface area contributed by atoms with Crippen LogP contribution in [-0.4, -0.2) is 11.2 Å². The van der Waals surface area contributed by atoms with E-state index in [0.717, 1.165) is 22.9 Å². The van der Waals surface area contributed by atoms with Gasteiger partial charge in [0.05, 0.1) is 6.10 Å². The van der Waals surface area contributed by atoms with Gasteiger partial charge < -0.3 is 5.11 Å².